The minimum atomic E-state index is -0.837. The topological polar surface area (TPSA) is 79.3 Å². The van der Waals surface area contributed by atoms with E-state index in [9.17, 15) is 9.59 Å². The standard InChI is InChI=1S/C12H14Cl2N2O3/c1-7(12(18)19)3-2-6-15-11(17)8-4-5-9(13)16-10(8)14/h4-5,7H,2-3,6H2,1H3,(H,15,17)(H,18,19). The first kappa shape index (κ1) is 15.7. The smallest absolute Gasteiger partial charge is 0.306 e. The van der Waals surface area contributed by atoms with Gasteiger partial charge in [-0.05, 0) is 25.0 Å². The van der Waals surface area contributed by atoms with Gasteiger partial charge in [-0.1, -0.05) is 30.1 Å². The number of aliphatic carboxylic acids is 1. The van der Waals surface area contributed by atoms with Gasteiger partial charge in [-0.25, -0.2) is 4.98 Å². The van der Waals surface area contributed by atoms with E-state index in [-0.39, 0.29) is 21.8 Å². The summed E-state index contributed by atoms with van der Waals surface area (Å²) >= 11 is 11.4. The fourth-order valence-corrected chi connectivity index (χ4v) is 1.84. The van der Waals surface area contributed by atoms with Crippen molar-refractivity contribution in [1.29, 1.82) is 0 Å². The molecule has 1 amide bonds. The molecule has 104 valence electrons. The van der Waals surface area contributed by atoms with Crippen LogP contribution in [0.3, 0.4) is 0 Å². The van der Waals surface area contributed by atoms with Crippen molar-refractivity contribution in [2.75, 3.05) is 6.54 Å². The zero-order valence-corrected chi connectivity index (χ0v) is 11.8. The number of nitrogens with zero attached hydrogens (tertiary/aromatic N) is 1. The lowest BCUT2D eigenvalue weighted by Crippen LogP contribution is -2.25. The summed E-state index contributed by atoms with van der Waals surface area (Å²) < 4.78 is 0. The minimum Gasteiger partial charge on any atom is -0.481 e. The fraction of sp³-hybridized carbons (Fsp3) is 0.417. The van der Waals surface area contributed by atoms with Gasteiger partial charge in [-0.15, -0.1) is 0 Å². The van der Waals surface area contributed by atoms with Crippen molar-refractivity contribution in [3.05, 3.63) is 28.0 Å². The van der Waals surface area contributed by atoms with Crippen molar-refractivity contribution in [3.63, 3.8) is 0 Å². The summed E-state index contributed by atoms with van der Waals surface area (Å²) in [5, 5.41) is 11.6. The van der Waals surface area contributed by atoms with Gasteiger partial charge in [0.15, 0.2) is 0 Å². The van der Waals surface area contributed by atoms with Gasteiger partial charge in [0.05, 0.1) is 11.5 Å². The fourth-order valence-electron chi connectivity index (χ4n) is 1.41. The number of aromatic nitrogens is 1. The first-order valence-corrected chi connectivity index (χ1v) is 6.50. The number of halogens is 2. The second-order valence-electron chi connectivity index (χ2n) is 4.11. The molecule has 1 aromatic rings. The number of carboxylic acid groups (broad SMARTS) is 1. The summed E-state index contributed by atoms with van der Waals surface area (Å²) in [6.07, 6.45) is 1.08. The number of hydrogen-bond donors (Lipinski definition) is 2. The third-order valence-electron chi connectivity index (χ3n) is 2.58. The van der Waals surface area contributed by atoms with E-state index in [0.717, 1.165) is 0 Å². The Labute approximate surface area is 120 Å². The van der Waals surface area contributed by atoms with Gasteiger partial charge in [0.25, 0.3) is 5.91 Å². The van der Waals surface area contributed by atoms with Gasteiger partial charge in [0, 0.05) is 6.54 Å². The van der Waals surface area contributed by atoms with E-state index in [1.165, 1.54) is 12.1 Å². The number of amides is 1. The molecule has 1 atom stereocenters. The Morgan fingerprint density at radius 3 is 2.68 bits per heavy atom. The van der Waals surface area contributed by atoms with Crippen molar-refractivity contribution in [1.82, 2.24) is 10.3 Å². The highest BCUT2D eigenvalue weighted by atomic mass is 35.5. The molecule has 0 radical (unpaired) electrons. The maximum absolute atomic E-state index is 11.8. The second-order valence-corrected chi connectivity index (χ2v) is 4.86. The molecule has 0 fully saturated rings. The van der Waals surface area contributed by atoms with Crippen LogP contribution in [0.4, 0.5) is 0 Å². The number of rotatable bonds is 6. The molecule has 0 spiro atoms. The van der Waals surface area contributed by atoms with Gasteiger partial charge < -0.3 is 10.4 Å². The number of carbonyl (C=O) groups is 2. The SMILES string of the molecule is CC(CCCNC(=O)c1ccc(Cl)nc1Cl)C(=O)O. The first-order valence-electron chi connectivity index (χ1n) is 5.75. The molecule has 19 heavy (non-hydrogen) atoms. The number of hydrogen-bond acceptors (Lipinski definition) is 3. The van der Waals surface area contributed by atoms with E-state index in [2.05, 4.69) is 10.3 Å². The van der Waals surface area contributed by atoms with E-state index >= 15 is 0 Å². The Hall–Kier alpha value is -1.33. The van der Waals surface area contributed by atoms with Crippen LogP contribution in [0.1, 0.15) is 30.1 Å². The van der Waals surface area contributed by atoms with Gasteiger partial charge in [-0.2, -0.15) is 0 Å². The number of pyridine rings is 1. The Bertz CT molecular complexity index is 480. The summed E-state index contributed by atoms with van der Waals surface area (Å²) in [5.74, 6) is -1.61. The van der Waals surface area contributed by atoms with Gasteiger partial charge in [0.2, 0.25) is 0 Å². The number of nitrogens with one attached hydrogen (secondary N) is 1. The van der Waals surface area contributed by atoms with E-state index in [1.807, 2.05) is 0 Å². The average molecular weight is 305 g/mol. The van der Waals surface area contributed by atoms with E-state index in [1.54, 1.807) is 6.92 Å². The third-order valence-corrected chi connectivity index (χ3v) is 3.08. The predicted octanol–water partition coefficient (Wildman–Crippen LogP) is 2.62. The molecular formula is C12H14Cl2N2O3. The highest BCUT2D eigenvalue weighted by molar-refractivity contribution is 6.34. The molecule has 1 heterocycles. The Morgan fingerprint density at radius 2 is 2.11 bits per heavy atom. The highest BCUT2D eigenvalue weighted by Gasteiger charge is 2.13. The van der Waals surface area contributed by atoms with Crippen LogP contribution in [0.5, 0.6) is 0 Å². The maximum Gasteiger partial charge on any atom is 0.306 e. The first-order chi connectivity index (χ1) is 8.91. The Kier molecular flexibility index (Phi) is 6.05. The number of carboxylic acids is 1. The molecule has 1 aromatic heterocycles. The molecule has 0 aromatic carbocycles. The molecule has 1 unspecified atom stereocenters. The molecule has 0 bridgehead atoms. The maximum atomic E-state index is 11.8. The average Bonchev–Trinajstić information content (AvgIpc) is 2.33. The van der Waals surface area contributed by atoms with Crippen LogP contribution < -0.4 is 5.32 Å². The van der Waals surface area contributed by atoms with E-state index in [0.29, 0.717) is 19.4 Å². The second kappa shape index (κ2) is 7.31. The molecule has 0 aliphatic rings. The lowest BCUT2D eigenvalue weighted by Gasteiger charge is -2.08. The summed E-state index contributed by atoms with van der Waals surface area (Å²) in [4.78, 5) is 26.1. The summed E-state index contributed by atoms with van der Waals surface area (Å²) in [6, 6.07) is 2.97. The molecule has 2 N–H and O–H groups in total. The van der Waals surface area contributed by atoms with Gasteiger partial charge in [-0.3, -0.25) is 9.59 Å². The van der Waals surface area contributed by atoms with Crippen molar-refractivity contribution in [2.45, 2.75) is 19.8 Å². The molecule has 7 heteroatoms. The zero-order valence-electron chi connectivity index (χ0n) is 10.3. The van der Waals surface area contributed by atoms with Crippen molar-refractivity contribution in [3.8, 4) is 0 Å². The monoisotopic (exact) mass is 304 g/mol. The van der Waals surface area contributed by atoms with Crippen LogP contribution in [0, 0.1) is 5.92 Å². The minimum absolute atomic E-state index is 0.0453. The van der Waals surface area contributed by atoms with Gasteiger partial charge >= 0.3 is 5.97 Å². The predicted molar refractivity (Wildman–Crippen MR) is 72.6 cm³/mol. The van der Waals surface area contributed by atoms with E-state index < -0.39 is 11.9 Å². The van der Waals surface area contributed by atoms with Crippen LogP contribution in [-0.4, -0.2) is 28.5 Å². The third kappa shape index (κ3) is 5.04. The molecule has 1 rings (SSSR count). The Balaban J connectivity index is 2.41. The van der Waals surface area contributed by atoms with Crippen LogP contribution in [0.25, 0.3) is 0 Å². The summed E-state index contributed by atoms with van der Waals surface area (Å²) in [7, 11) is 0. The molecule has 0 aliphatic heterocycles. The van der Waals surface area contributed by atoms with Crippen molar-refractivity contribution >= 4 is 35.1 Å². The van der Waals surface area contributed by atoms with Crippen LogP contribution >= 0.6 is 23.2 Å². The highest BCUT2D eigenvalue weighted by Crippen LogP contribution is 2.16. The molecule has 0 aliphatic carbocycles. The Morgan fingerprint density at radius 1 is 1.42 bits per heavy atom. The molecule has 5 nitrogen and oxygen atoms in total. The largest absolute Gasteiger partial charge is 0.481 e. The lowest BCUT2D eigenvalue weighted by atomic mass is 10.1. The molecular weight excluding hydrogens is 291 g/mol. The van der Waals surface area contributed by atoms with Crippen LogP contribution in [0.2, 0.25) is 10.3 Å². The van der Waals surface area contributed by atoms with Crippen LogP contribution in [-0.2, 0) is 4.79 Å². The molecule has 0 saturated heterocycles. The summed E-state index contributed by atoms with van der Waals surface area (Å²) in [5.41, 5.74) is 0.248. The zero-order chi connectivity index (χ0) is 14.4. The van der Waals surface area contributed by atoms with Gasteiger partial charge in [0.1, 0.15) is 10.3 Å². The summed E-state index contributed by atoms with van der Waals surface area (Å²) in [6.45, 7) is 2.01. The quantitative estimate of drug-likeness (QED) is 0.625. The van der Waals surface area contributed by atoms with E-state index in [4.69, 9.17) is 28.3 Å². The number of carbonyl (C=O) groups excluding carboxylic acids is 1. The lowest BCUT2D eigenvalue weighted by molar-refractivity contribution is -0.141. The van der Waals surface area contributed by atoms with Crippen molar-refractivity contribution in [2.24, 2.45) is 5.92 Å². The molecule has 0 saturated carbocycles. The normalized spacial score (nSPS) is 11.9. The van der Waals surface area contributed by atoms with Crippen LogP contribution in [0.15, 0.2) is 12.1 Å². The van der Waals surface area contributed by atoms with Crippen molar-refractivity contribution < 1.29 is 14.7 Å².